The summed E-state index contributed by atoms with van der Waals surface area (Å²) in [5.41, 5.74) is 5.93. The molecule has 0 fully saturated rings. The minimum Gasteiger partial charge on any atom is -0.506 e. The van der Waals surface area contributed by atoms with Gasteiger partial charge in [-0.2, -0.15) is 0 Å². The van der Waals surface area contributed by atoms with Crippen molar-refractivity contribution in [1.29, 1.82) is 0 Å². The van der Waals surface area contributed by atoms with Gasteiger partial charge in [-0.05, 0) is 28.1 Å². The van der Waals surface area contributed by atoms with Gasteiger partial charge in [0.05, 0.1) is 4.47 Å². The van der Waals surface area contributed by atoms with Gasteiger partial charge >= 0.3 is 0 Å². The van der Waals surface area contributed by atoms with Crippen molar-refractivity contribution < 1.29 is 10.2 Å². The number of aromatic hydroxyl groups is 1. The van der Waals surface area contributed by atoms with Crippen LogP contribution in [0.5, 0.6) is 5.75 Å². The molecule has 98 valence electrons. The maximum Gasteiger partial charge on any atom is 0.136 e. The van der Waals surface area contributed by atoms with Crippen LogP contribution in [0.4, 0.5) is 0 Å². The Kier molecular flexibility index (Phi) is 6.25. The number of phenolic OH excluding ortho intramolecular Hbond substituents is 1. The molecule has 0 unspecified atom stereocenters. The highest BCUT2D eigenvalue weighted by Crippen LogP contribution is 2.42. The standard InChI is InChI=1S/C11H15BrClNO2.ClH/c1-11(2,5-15)10(14)8-7(13)4-3-6(12)9(8)16;/h3-4,10,15-16H,5,14H2,1-2H3;1H/t10-;/m1./s1. The first-order valence-corrected chi connectivity index (χ1v) is 6.01. The van der Waals surface area contributed by atoms with Crippen molar-refractivity contribution >= 4 is 39.9 Å². The lowest BCUT2D eigenvalue weighted by Gasteiger charge is -2.30. The van der Waals surface area contributed by atoms with Crippen molar-refractivity contribution in [1.82, 2.24) is 0 Å². The Morgan fingerprint density at radius 1 is 1.47 bits per heavy atom. The predicted molar refractivity (Wildman–Crippen MR) is 75.9 cm³/mol. The third-order valence-corrected chi connectivity index (χ3v) is 3.64. The van der Waals surface area contributed by atoms with Crippen LogP contribution in [0.15, 0.2) is 16.6 Å². The Hall–Kier alpha value is -0.000000000000000111. The van der Waals surface area contributed by atoms with E-state index in [2.05, 4.69) is 15.9 Å². The first-order valence-electron chi connectivity index (χ1n) is 4.84. The molecule has 0 bridgehead atoms. The summed E-state index contributed by atoms with van der Waals surface area (Å²) < 4.78 is 0.538. The summed E-state index contributed by atoms with van der Waals surface area (Å²) in [6.45, 7) is 3.54. The van der Waals surface area contributed by atoms with Crippen LogP contribution in [0.1, 0.15) is 25.5 Å². The highest BCUT2D eigenvalue weighted by Gasteiger charge is 2.31. The molecular formula is C11H16BrCl2NO2. The van der Waals surface area contributed by atoms with Crippen LogP contribution in [0.25, 0.3) is 0 Å². The maximum absolute atomic E-state index is 9.91. The van der Waals surface area contributed by atoms with Crippen LogP contribution < -0.4 is 5.73 Å². The number of phenols is 1. The summed E-state index contributed by atoms with van der Waals surface area (Å²) in [6, 6.07) is 2.77. The number of nitrogens with two attached hydrogens (primary N) is 1. The quantitative estimate of drug-likeness (QED) is 0.788. The second kappa shape index (κ2) is 6.25. The number of halogens is 3. The summed E-state index contributed by atoms with van der Waals surface area (Å²) in [4.78, 5) is 0. The van der Waals surface area contributed by atoms with E-state index in [0.29, 0.717) is 15.1 Å². The number of rotatable bonds is 3. The summed E-state index contributed by atoms with van der Waals surface area (Å²) >= 11 is 9.23. The average Bonchev–Trinajstić information content (AvgIpc) is 2.24. The SMILES string of the molecule is CC(C)(CO)[C@H](N)c1c(Cl)ccc(Br)c1O.Cl. The molecular weight excluding hydrogens is 329 g/mol. The number of aliphatic hydroxyl groups is 1. The lowest BCUT2D eigenvalue weighted by molar-refractivity contribution is 0.131. The molecule has 1 aromatic rings. The van der Waals surface area contributed by atoms with E-state index in [1.807, 2.05) is 13.8 Å². The van der Waals surface area contributed by atoms with Crippen LogP contribution in [-0.4, -0.2) is 16.8 Å². The van der Waals surface area contributed by atoms with Gasteiger partial charge in [0.2, 0.25) is 0 Å². The molecule has 0 saturated heterocycles. The number of aliphatic hydroxyl groups excluding tert-OH is 1. The fourth-order valence-electron chi connectivity index (χ4n) is 1.34. The highest BCUT2D eigenvalue weighted by molar-refractivity contribution is 9.10. The van der Waals surface area contributed by atoms with Gasteiger partial charge in [-0.25, -0.2) is 0 Å². The molecule has 1 rings (SSSR count). The molecule has 0 aliphatic rings. The molecule has 4 N–H and O–H groups in total. The molecule has 0 aliphatic carbocycles. The molecule has 0 saturated carbocycles. The second-order valence-electron chi connectivity index (χ2n) is 4.42. The van der Waals surface area contributed by atoms with Crippen LogP contribution in [0.2, 0.25) is 5.02 Å². The van der Waals surface area contributed by atoms with E-state index in [1.54, 1.807) is 12.1 Å². The fraction of sp³-hybridized carbons (Fsp3) is 0.455. The topological polar surface area (TPSA) is 66.5 Å². The molecule has 0 aliphatic heterocycles. The van der Waals surface area contributed by atoms with Crippen molar-refractivity contribution in [3.05, 3.63) is 27.2 Å². The monoisotopic (exact) mass is 343 g/mol. The van der Waals surface area contributed by atoms with Gasteiger partial charge in [0.15, 0.2) is 0 Å². The predicted octanol–water partition coefficient (Wildman–Crippen LogP) is 3.25. The van der Waals surface area contributed by atoms with E-state index in [0.717, 1.165) is 0 Å². The number of benzene rings is 1. The minimum atomic E-state index is -0.554. The van der Waals surface area contributed by atoms with Gasteiger partial charge < -0.3 is 15.9 Å². The van der Waals surface area contributed by atoms with Crippen LogP contribution >= 0.6 is 39.9 Å². The third kappa shape index (κ3) is 3.48. The van der Waals surface area contributed by atoms with E-state index >= 15 is 0 Å². The van der Waals surface area contributed by atoms with Crippen LogP contribution in [-0.2, 0) is 0 Å². The molecule has 0 amide bonds. The molecule has 0 heterocycles. The normalized spacial score (nSPS) is 13.1. The van der Waals surface area contributed by atoms with E-state index in [9.17, 15) is 10.2 Å². The maximum atomic E-state index is 9.91. The second-order valence-corrected chi connectivity index (χ2v) is 5.68. The molecule has 0 radical (unpaired) electrons. The molecule has 0 aromatic heterocycles. The largest absolute Gasteiger partial charge is 0.506 e. The van der Waals surface area contributed by atoms with Crippen molar-refractivity contribution in [3.63, 3.8) is 0 Å². The van der Waals surface area contributed by atoms with Gasteiger partial charge in [-0.3, -0.25) is 0 Å². The molecule has 1 atom stereocenters. The van der Waals surface area contributed by atoms with E-state index in [4.69, 9.17) is 17.3 Å². The van der Waals surface area contributed by atoms with E-state index in [-0.39, 0.29) is 24.8 Å². The van der Waals surface area contributed by atoms with Crippen molar-refractivity contribution in [3.8, 4) is 5.75 Å². The average molecular weight is 345 g/mol. The molecule has 3 nitrogen and oxygen atoms in total. The number of hydrogen-bond acceptors (Lipinski definition) is 3. The Labute approximate surface area is 121 Å². The highest BCUT2D eigenvalue weighted by atomic mass is 79.9. The fourth-order valence-corrected chi connectivity index (χ4v) is 1.96. The first kappa shape index (κ1) is 17.0. The van der Waals surface area contributed by atoms with E-state index in [1.165, 1.54) is 0 Å². The van der Waals surface area contributed by atoms with E-state index < -0.39 is 11.5 Å². The van der Waals surface area contributed by atoms with Gasteiger partial charge in [0.1, 0.15) is 5.75 Å². The molecule has 17 heavy (non-hydrogen) atoms. The minimum absolute atomic E-state index is 0. The van der Waals surface area contributed by atoms with Crippen molar-refractivity contribution in [2.24, 2.45) is 11.1 Å². The number of hydrogen-bond donors (Lipinski definition) is 3. The van der Waals surface area contributed by atoms with Crippen LogP contribution in [0, 0.1) is 5.41 Å². The Bertz CT molecular complexity index is 399. The molecule has 1 aromatic carbocycles. The van der Waals surface area contributed by atoms with Crippen molar-refractivity contribution in [2.45, 2.75) is 19.9 Å². The van der Waals surface area contributed by atoms with Gasteiger partial charge in [0.25, 0.3) is 0 Å². The Morgan fingerprint density at radius 3 is 2.47 bits per heavy atom. The zero-order valence-corrected chi connectivity index (χ0v) is 12.7. The summed E-state index contributed by atoms with van der Waals surface area (Å²) in [6.07, 6.45) is 0. The summed E-state index contributed by atoms with van der Waals surface area (Å²) in [7, 11) is 0. The zero-order chi connectivity index (χ0) is 12.5. The third-order valence-electron chi connectivity index (χ3n) is 2.68. The Balaban J connectivity index is 0.00000256. The lowest BCUT2D eigenvalue weighted by Crippen LogP contribution is -2.32. The van der Waals surface area contributed by atoms with Crippen molar-refractivity contribution in [2.75, 3.05) is 6.61 Å². The van der Waals surface area contributed by atoms with Gasteiger partial charge in [0, 0.05) is 28.6 Å². The summed E-state index contributed by atoms with van der Waals surface area (Å²) in [5.74, 6) is 0.0292. The van der Waals surface area contributed by atoms with Gasteiger partial charge in [-0.15, -0.1) is 12.4 Å². The zero-order valence-electron chi connectivity index (χ0n) is 9.58. The molecule has 0 spiro atoms. The van der Waals surface area contributed by atoms with Crippen LogP contribution in [0.3, 0.4) is 0 Å². The molecule has 6 heteroatoms. The smallest absolute Gasteiger partial charge is 0.136 e. The lowest BCUT2D eigenvalue weighted by atomic mass is 9.81. The first-order chi connectivity index (χ1) is 7.31. The van der Waals surface area contributed by atoms with Gasteiger partial charge in [-0.1, -0.05) is 25.4 Å². The Morgan fingerprint density at radius 2 is 2.00 bits per heavy atom. The summed E-state index contributed by atoms with van der Waals surface area (Å²) in [5, 5.41) is 19.6.